The van der Waals surface area contributed by atoms with Gasteiger partial charge in [-0.15, -0.1) is 0 Å². The van der Waals surface area contributed by atoms with E-state index in [1.807, 2.05) is 13.8 Å². The lowest BCUT2D eigenvalue weighted by atomic mass is 9.95. The summed E-state index contributed by atoms with van der Waals surface area (Å²) in [5.41, 5.74) is -0.298. The Balaban J connectivity index is 2.11. The highest BCUT2D eigenvalue weighted by Crippen LogP contribution is 2.19. The average Bonchev–Trinajstić information content (AvgIpc) is 2.89. The van der Waals surface area contributed by atoms with Crippen molar-refractivity contribution in [1.82, 2.24) is 5.32 Å². The number of ketones is 1. The van der Waals surface area contributed by atoms with E-state index in [4.69, 9.17) is 0 Å². The molecule has 1 rings (SSSR count). The third kappa shape index (κ3) is 17.1. The number of hydrogen-bond acceptors (Lipinski definition) is 3. The number of Topliss-reactive ketones (excluding diaryl/α,β-unsaturated/α-hetero) is 1. The molecule has 1 aromatic rings. The van der Waals surface area contributed by atoms with Crippen LogP contribution in [0.5, 0.6) is 5.75 Å². The van der Waals surface area contributed by atoms with Crippen molar-refractivity contribution in [1.29, 1.82) is 0 Å². The average molecular weight is 518 g/mol. The van der Waals surface area contributed by atoms with E-state index in [2.05, 4.69) is 85.2 Å². The molecule has 2 N–H and O–H groups in total. The minimum Gasteiger partial charge on any atom is -0.507 e. The maximum Gasteiger partial charge on any atom is 0.255 e. The van der Waals surface area contributed by atoms with E-state index in [-0.39, 0.29) is 23.0 Å². The molecule has 206 valence electrons. The summed E-state index contributed by atoms with van der Waals surface area (Å²) < 4.78 is 0. The van der Waals surface area contributed by atoms with E-state index in [0.717, 1.165) is 44.9 Å². The molecule has 0 aromatic heterocycles. The van der Waals surface area contributed by atoms with Crippen molar-refractivity contribution in [3.05, 3.63) is 103 Å². The van der Waals surface area contributed by atoms with Crippen LogP contribution in [0.1, 0.15) is 95.3 Å². The number of para-hydroxylation sites is 1. The second-order valence-corrected chi connectivity index (χ2v) is 9.85. The predicted molar refractivity (Wildman–Crippen MR) is 161 cm³/mol. The van der Waals surface area contributed by atoms with Crippen LogP contribution >= 0.6 is 0 Å². The smallest absolute Gasteiger partial charge is 0.255 e. The van der Waals surface area contributed by atoms with Crippen LogP contribution < -0.4 is 5.32 Å². The molecule has 0 bridgehead atoms. The molecule has 4 nitrogen and oxygen atoms in total. The van der Waals surface area contributed by atoms with Crippen LogP contribution in [0.4, 0.5) is 0 Å². The molecule has 0 fully saturated rings. The summed E-state index contributed by atoms with van der Waals surface area (Å²) >= 11 is 0. The highest BCUT2D eigenvalue weighted by atomic mass is 16.3. The maximum absolute atomic E-state index is 12.4. The Bertz CT molecular complexity index is 993. The van der Waals surface area contributed by atoms with Crippen molar-refractivity contribution in [2.75, 3.05) is 0 Å². The molecule has 0 spiro atoms. The molecule has 1 aromatic carbocycles. The number of aromatic hydroxyl groups is 1. The molecule has 0 saturated carbocycles. The zero-order valence-corrected chi connectivity index (χ0v) is 23.6. The fourth-order valence-electron chi connectivity index (χ4n) is 3.56. The van der Waals surface area contributed by atoms with Crippen molar-refractivity contribution in [3.8, 4) is 5.75 Å². The van der Waals surface area contributed by atoms with Gasteiger partial charge in [-0.05, 0) is 77.3 Å². The number of amides is 1. The molecular weight excluding hydrogens is 470 g/mol. The number of carbonyl (C=O) groups is 2. The lowest BCUT2D eigenvalue weighted by molar-refractivity contribution is -0.119. The van der Waals surface area contributed by atoms with E-state index in [9.17, 15) is 14.7 Å². The van der Waals surface area contributed by atoms with Crippen LogP contribution in [0.15, 0.2) is 97.2 Å². The van der Waals surface area contributed by atoms with E-state index in [1.165, 1.54) is 6.07 Å². The molecule has 38 heavy (non-hydrogen) atoms. The van der Waals surface area contributed by atoms with Gasteiger partial charge < -0.3 is 10.4 Å². The van der Waals surface area contributed by atoms with Crippen LogP contribution in [-0.4, -0.2) is 22.3 Å². The minimum absolute atomic E-state index is 0.0479. The van der Waals surface area contributed by atoms with Gasteiger partial charge in [0.25, 0.3) is 5.91 Å². The normalized spacial score (nSPS) is 12.8. The van der Waals surface area contributed by atoms with Crippen LogP contribution in [0, 0.1) is 0 Å². The largest absolute Gasteiger partial charge is 0.507 e. The Morgan fingerprint density at radius 2 is 1.21 bits per heavy atom. The molecule has 0 unspecified atom stereocenters. The minimum atomic E-state index is -0.538. The van der Waals surface area contributed by atoms with Gasteiger partial charge in [-0.25, -0.2) is 0 Å². The zero-order chi connectivity index (χ0) is 27.9. The number of benzene rings is 1. The first-order valence-electron chi connectivity index (χ1n) is 13.9. The SMILES string of the molecule is CC/C=C\C/C=C\C/C=C\C/C=C\C/C=C\C/C=C\CCC(=O)CCC(C)(C)NC(=O)c1ccccc1O. The van der Waals surface area contributed by atoms with Crippen molar-refractivity contribution >= 4 is 11.7 Å². The molecule has 0 aliphatic carbocycles. The Morgan fingerprint density at radius 3 is 1.71 bits per heavy atom. The number of phenolic OH excluding ortho intramolecular Hbond substituents is 1. The summed E-state index contributed by atoms with van der Waals surface area (Å²) in [6.07, 6.45) is 34.1. The van der Waals surface area contributed by atoms with Crippen LogP contribution in [-0.2, 0) is 4.79 Å². The topological polar surface area (TPSA) is 66.4 Å². The van der Waals surface area contributed by atoms with Crippen LogP contribution in [0.25, 0.3) is 0 Å². The number of allylic oxidation sites excluding steroid dienone is 12. The summed E-state index contributed by atoms with van der Waals surface area (Å²) in [6.45, 7) is 5.93. The summed E-state index contributed by atoms with van der Waals surface area (Å²) in [4.78, 5) is 24.7. The highest BCUT2D eigenvalue weighted by molar-refractivity contribution is 5.97. The second kappa shape index (κ2) is 20.6. The first-order valence-corrected chi connectivity index (χ1v) is 13.9. The number of rotatable bonds is 19. The van der Waals surface area contributed by atoms with Gasteiger partial charge in [-0.1, -0.05) is 92.0 Å². The number of nitrogens with one attached hydrogen (secondary N) is 1. The van der Waals surface area contributed by atoms with E-state index in [1.54, 1.807) is 18.2 Å². The summed E-state index contributed by atoms with van der Waals surface area (Å²) in [5, 5.41) is 12.8. The maximum atomic E-state index is 12.4. The van der Waals surface area contributed by atoms with Gasteiger partial charge in [0, 0.05) is 18.4 Å². The fraction of sp³-hybridized carbons (Fsp3) is 0.412. The Hall–Kier alpha value is -3.40. The molecule has 0 radical (unpaired) electrons. The van der Waals surface area contributed by atoms with Gasteiger partial charge in [0.15, 0.2) is 0 Å². The van der Waals surface area contributed by atoms with Crippen LogP contribution in [0.3, 0.4) is 0 Å². The molecular formula is C34H47NO3. The lowest BCUT2D eigenvalue weighted by Gasteiger charge is -2.26. The van der Waals surface area contributed by atoms with Gasteiger partial charge in [-0.3, -0.25) is 9.59 Å². The number of hydrogen-bond donors (Lipinski definition) is 2. The van der Waals surface area contributed by atoms with Crippen molar-refractivity contribution in [3.63, 3.8) is 0 Å². The van der Waals surface area contributed by atoms with Gasteiger partial charge in [-0.2, -0.15) is 0 Å². The van der Waals surface area contributed by atoms with Crippen LogP contribution in [0.2, 0.25) is 0 Å². The predicted octanol–water partition coefficient (Wildman–Crippen LogP) is 8.73. The molecule has 0 aliphatic rings. The van der Waals surface area contributed by atoms with Gasteiger partial charge >= 0.3 is 0 Å². The van der Waals surface area contributed by atoms with Crippen molar-refractivity contribution < 1.29 is 14.7 Å². The van der Waals surface area contributed by atoms with E-state index in [0.29, 0.717) is 19.3 Å². The van der Waals surface area contributed by atoms with Gasteiger partial charge in [0.2, 0.25) is 0 Å². The Morgan fingerprint density at radius 1 is 0.737 bits per heavy atom. The molecule has 0 aliphatic heterocycles. The zero-order valence-electron chi connectivity index (χ0n) is 23.6. The van der Waals surface area contributed by atoms with E-state index >= 15 is 0 Å². The van der Waals surface area contributed by atoms with E-state index < -0.39 is 5.54 Å². The molecule has 0 saturated heterocycles. The highest BCUT2D eigenvalue weighted by Gasteiger charge is 2.23. The summed E-state index contributed by atoms with van der Waals surface area (Å²) in [6, 6.07) is 6.45. The number of phenols is 1. The lowest BCUT2D eigenvalue weighted by Crippen LogP contribution is -2.43. The summed E-state index contributed by atoms with van der Waals surface area (Å²) in [5.74, 6) is -0.193. The van der Waals surface area contributed by atoms with Crippen molar-refractivity contribution in [2.45, 2.75) is 90.5 Å². The molecule has 0 atom stereocenters. The summed E-state index contributed by atoms with van der Waals surface area (Å²) in [7, 11) is 0. The Kier molecular flexibility index (Phi) is 17.7. The molecule has 0 heterocycles. The molecule has 4 heteroatoms. The first kappa shape index (κ1) is 32.6. The Labute approximate surface area is 230 Å². The fourth-order valence-corrected chi connectivity index (χ4v) is 3.56. The monoisotopic (exact) mass is 517 g/mol. The van der Waals surface area contributed by atoms with Gasteiger partial charge in [0.05, 0.1) is 5.56 Å². The molecule has 1 amide bonds. The van der Waals surface area contributed by atoms with Crippen molar-refractivity contribution in [2.24, 2.45) is 0 Å². The standard InChI is InChI=1S/C34H47NO3/c1-4-5-6-7-8-9-10-11-12-13-14-15-16-17-18-19-20-21-22-25-30(36)28-29-34(2,3)35-33(38)31-26-23-24-27-32(31)37/h5-6,8-9,11-12,14-15,17-18,20-21,23-24,26-27,37H,4,7,10,13,16,19,22,25,28-29H2,1-3H3,(H,35,38)/b6-5-,9-8-,12-11-,15-14-,18-17-,21-20-. The second-order valence-electron chi connectivity index (χ2n) is 9.85. The first-order chi connectivity index (χ1) is 18.4. The number of carbonyl (C=O) groups excluding carboxylic acids is 2. The quantitative estimate of drug-likeness (QED) is 0.180. The van der Waals surface area contributed by atoms with Gasteiger partial charge in [0.1, 0.15) is 11.5 Å². The third-order valence-electron chi connectivity index (χ3n) is 5.82. The third-order valence-corrected chi connectivity index (χ3v) is 5.82.